The molecule has 2 aromatic rings. The van der Waals surface area contributed by atoms with Crippen LogP contribution in [0.5, 0.6) is 0 Å². The predicted octanol–water partition coefficient (Wildman–Crippen LogP) is 4.09. The van der Waals surface area contributed by atoms with Crippen LogP contribution >= 0.6 is 0 Å². The molecule has 0 spiro atoms. The first-order valence-corrected chi connectivity index (χ1v) is 5.88. The summed E-state index contributed by atoms with van der Waals surface area (Å²) < 4.78 is 39.7. The molecule has 0 amide bonds. The number of benzene rings is 2. The minimum Gasteiger partial charge on any atom is -0.366 e. The van der Waals surface area contributed by atoms with Crippen LogP contribution in [0.2, 0.25) is 0 Å². The highest BCUT2D eigenvalue weighted by molar-refractivity contribution is 5.48. The molecule has 2 aromatic carbocycles. The molecule has 0 radical (unpaired) electrons. The molecule has 102 valence electrons. The summed E-state index contributed by atoms with van der Waals surface area (Å²) in [6, 6.07) is 8.93. The molecule has 20 heavy (non-hydrogen) atoms. The monoisotopic (exact) mass is 276 g/mol. The molecule has 0 aliphatic carbocycles. The fourth-order valence-electron chi connectivity index (χ4n) is 1.76. The smallest absolute Gasteiger partial charge is 0.161 e. The van der Waals surface area contributed by atoms with Crippen molar-refractivity contribution in [2.75, 3.05) is 5.32 Å². The highest BCUT2D eigenvalue weighted by Crippen LogP contribution is 2.24. The Labute approximate surface area is 114 Å². The highest BCUT2D eigenvalue weighted by Gasteiger charge is 2.18. The van der Waals surface area contributed by atoms with Crippen LogP contribution in [-0.2, 0) is 0 Å². The Balaban J connectivity index is 2.31. The van der Waals surface area contributed by atoms with Crippen molar-refractivity contribution in [2.24, 2.45) is 0 Å². The first-order chi connectivity index (χ1) is 9.51. The zero-order valence-electron chi connectivity index (χ0n) is 10.6. The van der Waals surface area contributed by atoms with Gasteiger partial charge in [-0.3, -0.25) is 0 Å². The number of rotatable bonds is 3. The van der Waals surface area contributed by atoms with Gasteiger partial charge in [0.25, 0.3) is 0 Å². The first kappa shape index (κ1) is 13.9. The summed E-state index contributed by atoms with van der Waals surface area (Å²) in [7, 11) is 0. The molecule has 0 fully saturated rings. The summed E-state index contributed by atoms with van der Waals surface area (Å²) in [5, 5.41) is 11.9. The van der Waals surface area contributed by atoms with Crippen molar-refractivity contribution >= 4 is 5.69 Å². The second-order valence-electron chi connectivity index (χ2n) is 4.36. The third-order valence-corrected chi connectivity index (χ3v) is 2.84. The molecule has 0 saturated carbocycles. The van der Waals surface area contributed by atoms with Gasteiger partial charge in [0, 0.05) is 17.3 Å². The molecule has 1 unspecified atom stereocenters. The number of nitriles is 1. The van der Waals surface area contributed by atoms with Gasteiger partial charge < -0.3 is 5.32 Å². The maximum absolute atomic E-state index is 13.6. The summed E-state index contributed by atoms with van der Waals surface area (Å²) in [5.41, 5.74) is 1.39. The van der Waals surface area contributed by atoms with E-state index in [9.17, 15) is 13.2 Å². The number of hydrogen-bond donors (Lipinski definition) is 1. The van der Waals surface area contributed by atoms with Gasteiger partial charge in [-0.05, 0) is 25.1 Å². The van der Waals surface area contributed by atoms with E-state index in [0.717, 1.165) is 5.56 Å². The topological polar surface area (TPSA) is 35.8 Å². The Morgan fingerprint density at radius 1 is 1.00 bits per heavy atom. The van der Waals surface area contributed by atoms with Crippen molar-refractivity contribution in [3.63, 3.8) is 0 Å². The maximum atomic E-state index is 13.6. The van der Waals surface area contributed by atoms with Gasteiger partial charge in [0.1, 0.15) is 11.9 Å². The number of hydrogen-bond acceptors (Lipinski definition) is 2. The number of aryl methyl sites for hydroxylation is 1. The van der Waals surface area contributed by atoms with Gasteiger partial charge in [0.2, 0.25) is 0 Å². The molecular weight excluding hydrogens is 265 g/mol. The fraction of sp³-hybridized carbons (Fsp3) is 0.133. The molecule has 0 bridgehead atoms. The van der Waals surface area contributed by atoms with Crippen molar-refractivity contribution in [3.05, 3.63) is 65.0 Å². The minimum atomic E-state index is -1.28. The van der Waals surface area contributed by atoms with Crippen LogP contribution in [0.1, 0.15) is 17.2 Å². The van der Waals surface area contributed by atoms with Gasteiger partial charge in [0.05, 0.1) is 6.07 Å². The molecular formula is C15H11F3N2. The van der Waals surface area contributed by atoms with E-state index in [2.05, 4.69) is 5.32 Å². The van der Waals surface area contributed by atoms with E-state index < -0.39 is 23.5 Å². The van der Waals surface area contributed by atoms with Crippen molar-refractivity contribution < 1.29 is 13.2 Å². The van der Waals surface area contributed by atoms with Crippen molar-refractivity contribution in [3.8, 4) is 6.07 Å². The van der Waals surface area contributed by atoms with Crippen LogP contribution in [-0.4, -0.2) is 0 Å². The Hall–Kier alpha value is -2.48. The summed E-state index contributed by atoms with van der Waals surface area (Å²) in [4.78, 5) is 0. The molecule has 0 saturated heterocycles. The second kappa shape index (κ2) is 5.66. The highest BCUT2D eigenvalue weighted by atomic mass is 19.2. The van der Waals surface area contributed by atoms with E-state index in [1.165, 1.54) is 0 Å². The summed E-state index contributed by atoms with van der Waals surface area (Å²) >= 11 is 0. The lowest BCUT2D eigenvalue weighted by molar-refractivity contribution is 0.489. The molecule has 0 aliphatic heterocycles. The van der Waals surface area contributed by atoms with Crippen LogP contribution in [0.4, 0.5) is 18.9 Å². The minimum absolute atomic E-state index is 0.230. The second-order valence-corrected chi connectivity index (χ2v) is 4.36. The van der Waals surface area contributed by atoms with Crippen LogP contribution in [0.15, 0.2) is 36.4 Å². The molecule has 1 N–H and O–H groups in total. The number of halogens is 3. The zero-order chi connectivity index (χ0) is 14.7. The predicted molar refractivity (Wildman–Crippen MR) is 69.5 cm³/mol. The molecule has 0 heterocycles. The Kier molecular flexibility index (Phi) is 3.94. The SMILES string of the molecule is Cc1ccc(NC(C#N)c2cc(F)c(F)cc2F)cc1. The standard InChI is InChI=1S/C15H11F3N2/c1-9-2-4-10(5-3-9)20-15(8-19)11-6-13(17)14(18)7-12(11)16/h2-7,15,20H,1H3. The van der Waals surface area contributed by atoms with Crippen molar-refractivity contribution in [1.29, 1.82) is 5.26 Å². The van der Waals surface area contributed by atoms with Gasteiger partial charge in [0.15, 0.2) is 11.6 Å². The summed E-state index contributed by atoms with van der Waals surface area (Å²) in [5.74, 6) is -3.43. The summed E-state index contributed by atoms with van der Waals surface area (Å²) in [6.07, 6.45) is 0. The van der Waals surface area contributed by atoms with Gasteiger partial charge in [-0.2, -0.15) is 5.26 Å². The first-order valence-electron chi connectivity index (χ1n) is 5.88. The third kappa shape index (κ3) is 2.91. The Morgan fingerprint density at radius 3 is 2.20 bits per heavy atom. The summed E-state index contributed by atoms with van der Waals surface area (Å²) in [6.45, 7) is 1.90. The molecule has 5 heteroatoms. The number of nitrogens with zero attached hydrogens (tertiary/aromatic N) is 1. The van der Waals surface area contributed by atoms with E-state index in [1.54, 1.807) is 12.1 Å². The Bertz CT molecular complexity index is 660. The normalized spacial score (nSPS) is 11.8. The van der Waals surface area contributed by atoms with E-state index >= 15 is 0 Å². The quantitative estimate of drug-likeness (QED) is 0.857. The van der Waals surface area contributed by atoms with E-state index in [-0.39, 0.29) is 5.56 Å². The average molecular weight is 276 g/mol. The van der Waals surface area contributed by atoms with E-state index in [0.29, 0.717) is 17.8 Å². The number of nitrogens with one attached hydrogen (secondary N) is 1. The molecule has 0 aliphatic rings. The zero-order valence-corrected chi connectivity index (χ0v) is 10.6. The lowest BCUT2D eigenvalue weighted by atomic mass is 10.1. The average Bonchev–Trinajstić information content (AvgIpc) is 2.43. The number of anilines is 1. The van der Waals surface area contributed by atoms with Gasteiger partial charge in [-0.1, -0.05) is 17.7 Å². The maximum Gasteiger partial charge on any atom is 0.161 e. The van der Waals surface area contributed by atoms with E-state index in [4.69, 9.17) is 5.26 Å². The van der Waals surface area contributed by atoms with Gasteiger partial charge in [-0.15, -0.1) is 0 Å². The Morgan fingerprint density at radius 2 is 1.60 bits per heavy atom. The molecule has 2 nitrogen and oxygen atoms in total. The third-order valence-electron chi connectivity index (χ3n) is 2.84. The lowest BCUT2D eigenvalue weighted by Gasteiger charge is -2.14. The lowest BCUT2D eigenvalue weighted by Crippen LogP contribution is -2.11. The molecule has 0 aromatic heterocycles. The van der Waals surface area contributed by atoms with Crippen LogP contribution in [0, 0.1) is 35.7 Å². The van der Waals surface area contributed by atoms with Crippen LogP contribution in [0.25, 0.3) is 0 Å². The largest absolute Gasteiger partial charge is 0.366 e. The van der Waals surface area contributed by atoms with Crippen molar-refractivity contribution in [2.45, 2.75) is 13.0 Å². The van der Waals surface area contributed by atoms with Gasteiger partial charge in [-0.25, -0.2) is 13.2 Å². The molecule has 2 rings (SSSR count). The molecule has 1 atom stereocenters. The van der Waals surface area contributed by atoms with Crippen LogP contribution in [0.3, 0.4) is 0 Å². The van der Waals surface area contributed by atoms with Crippen molar-refractivity contribution in [1.82, 2.24) is 0 Å². The van der Waals surface area contributed by atoms with E-state index in [1.807, 2.05) is 25.1 Å². The van der Waals surface area contributed by atoms with Crippen LogP contribution < -0.4 is 5.32 Å². The fourth-order valence-corrected chi connectivity index (χ4v) is 1.76. The van der Waals surface area contributed by atoms with Gasteiger partial charge >= 0.3 is 0 Å².